The van der Waals surface area contributed by atoms with Crippen LogP contribution < -0.4 is 5.32 Å². The summed E-state index contributed by atoms with van der Waals surface area (Å²) in [6.45, 7) is 11.2. The van der Waals surface area contributed by atoms with Crippen molar-refractivity contribution in [3.05, 3.63) is 0 Å². The van der Waals surface area contributed by atoms with Crippen molar-refractivity contribution in [2.24, 2.45) is 5.92 Å². The molecule has 0 aromatic rings. The van der Waals surface area contributed by atoms with Crippen LogP contribution >= 0.6 is 0 Å². The molecule has 2 rings (SSSR count). The molecule has 0 spiro atoms. The zero-order valence-electron chi connectivity index (χ0n) is 14.1. The van der Waals surface area contributed by atoms with E-state index in [0.717, 1.165) is 45.0 Å². The highest BCUT2D eigenvalue weighted by molar-refractivity contribution is 4.87. The maximum Gasteiger partial charge on any atom is 0.0826 e. The first-order valence-corrected chi connectivity index (χ1v) is 8.81. The fourth-order valence-corrected chi connectivity index (χ4v) is 3.60. The number of rotatable bonds is 6. The highest BCUT2D eigenvalue weighted by atomic mass is 16.5. The summed E-state index contributed by atoms with van der Waals surface area (Å²) in [5.74, 6) is 0.826. The Kier molecular flexibility index (Phi) is 6.48. The van der Waals surface area contributed by atoms with Crippen LogP contribution in [-0.4, -0.2) is 60.5 Å². The van der Waals surface area contributed by atoms with Gasteiger partial charge in [-0.2, -0.15) is 0 Å². The maximum absolute atomic E-state index is 10.6. The van der Waals surface area contributed by atoms with Crippen molar-refractivity contribution in [1.82, 2.24) is 10.2 Å². The van der Waals surface area contributed by atoms with Crippen molar-refractivity contribution >= 4 is 0 Å². The Morgan fingerprint density at radius 2 is 2.05 bits per heavy atom. The summed E-state index contributed by atoms with van der Waals surface area (Å²) in [5.41, 5.74) is -0.488. The fraction of sp³-hybridized carbons (Fsp3) is 1.00. The Bertz CT molecular complexity index is 301. The second kappa shape index (κ2) is 7.91. The molecule has 2 aliphatic rings. The molecule has 21 heavy (non-hydrogen) atoms. The first kappa shape index (κ1) is 17.2. The third-order valence-electron chi connectivity index (χ3n) is 5.34. The summed E-state index contributed by atoms with van der Waals surface area (Å²) >= 11 is 0. The molecule has 4 heteroatoms. The molecule has 1 aliphatic heterocycles. The van der Waals surface area contributed by atoms with Crippen LogP contribution in [0.15, 0.2) is 0 Å². The van der Waals surface area contributed by atoms with Crippen LogP contribution in [0.2, 0.25) is 0 Å². The topological polar surface area (TPSA) is 44.7 Å². The number of morpholine rings is 1. The van der Waals surface area contributed by atoms with Crippen LogP contribution in [0.4, 0.5) is 0 Å². The minimum atomic E-state index is -0.488. The average molecular weight is 298 g/mol. The van der Waals surface area contributed by atoms with Gasteiger partial charge in [-0.15, -0.1) is 0 Å². The van der Waals surface area contributed by atoms with Crippen molar-refractivity contribution in [1.29, 1.82) is 0 Å². The van der Waals surface area contributed by atoms with Crippen LogP contribution in [0.1, 0.15) is 52.9 Å². The van der Waals surface area contributed by atoms with Crippen LogP contribution in [0.5, 0.6) is 0 Å². The van der Waals surface area contributed by atoms with Gasteiger partial charge in [-0.1, -0.05) is 13.3 Å². The second-order valence-electron chi connectivity index (χ2n) is 7.29. The lowest BCUT2D eigenvalue weighted by atomic mass is 9.78. The monoisotopic (exact) mass is 298 g/mol. The summed E-state index contributed by atoms with van der Waals surface area (Å²) in [6, 6.07) is 0.588. The first-order chi connectivity index (χ1) is 10.0. The zero-order valence-corrected chi connectivity index (χ0v) is 14.1. The van der Waals surface area contributed by atoms with E-state index >= 15 is 0 Å². The van der Waals surface area contributed by atoms with Gasteiger partial charge >= 0.3 is 0 Å². The van der Waals surface area contributed by atoms with Gasteiger partial charge in [0.25, 0.3) is 0 Å². The highest BCUT2D eigenvalue weighted by Crippen LogP contribution is 2.33. The van der Waals surface area contributed by atoms with E-state index in [0.29, 0.717) is 12.6 Å². The van der Waals surface area contributed by atoms with Gasteiger partial charge in [-0.05, 0) is 45.4 Å². The van der Waals surface area contributed by atoms with Crippen molar-refractivity contribution < 1.29 is 9.84 Å². The molecule has 1 unspecified atom stereocenters. The molecular formula is C17H34N2O2. The van der Waals surface area contributed by atoms with E-state index in [1.165, 1.54) is 19.3 Å². The van der Waals surface area contributed by atoms with Gasteiger partial charge in [0.05, 0.1) is 18.3 Å². The van der Waals surface area contributed by atoms with Crippen molar-refractivity contribution in [3.63, 3.8) is 0 Å². The van der Waals surface area contributed by atoms with E-state index in [1.54, 1.807) is 0 Å². The molecule has 1 saturated carbocycles. The Balaban J connectivity index is 1.67. The molecule has 4 nitrogen and oxygen atoms in total. The van der Waals surface area contributed by atoms with E-state index in [9.17, 15) is 5.11 Å². The van der Waals surface area contributed by atoms with Crippen molar-refractivity contribution in [2.45, 2.75) is 70.6 Å². The van der Waals surface area contributed by atoms with Gasteiger partial charge in [0.15, 0.2) is 0 Å². The largest absolute Gasteiger partial charge is 0.389 e. The summed E-state index contributed by atoms with van der Waals surface area (Å²) in [7, 11) is 0. The molecule has 0 bridgehead atoms. The first-order valence-electron chi connectivity index (χ1n) is 8.81. The summed E-state index contributed by atoms with van der Waals surface area (Å²) in [4.78, 5) is 2.47. The van der Waals surface area contributed by atoms with Crippen LogP contribution in [-0.2, 0) is 4.74 Å². The highest BCUT2D eigenvalue weighted by Gasteiger charge is 2.32. The molecule has 2 N–H and O–H groups in total. The Morgan fingerprint density at radius 1 is 1.33 bits per heavy atom. The zero-order chi connectivity index (χ0) is 15.3. The van der Waals surface area contributed by atoms with Gasteiger partial charge in [0, 0.05) is 32.2 Å². The molecule has 0 aromatic carbocycles. The molecule has 0 amide bonds. The normalized spacial score (nSPS) is 35.3. The van der Waals surface area contributed by atoms with E-state index in [2.05, 4.69) is 31.0 Å². The number of aliphatic hydroxyl groups is 1. The van der Waals surface area contributed by atoms with Gasteiger partial charge in [0.1, 0.15) is 0 Å². The molecule has 0 radical (unpaired) electrons. The Hall–Kier alpha value is -0.160. The third-order valence-corrected chi connectivity index (χ3v) is 5.34. The maximum atomic E-state index is 10.6. The molecule has 124 valence electrons. The number of hydrogen-bond donors (Lipinski definition) is 2. The number of ether oxygens (including phenoxy) is 1. The minimum Gasteiger partial charge on any atom is -0.389 e. The molecule has 1 aliphatic carbocycles. The lowest BCUT2D eigenvalue weighted by Gasteiger charge is -2.38. The Morgan fingerprint density at radius 3 is 2.67 bits per heavy atom. The fourth-order valence-electron chi connectivity index (χ4n) is 3.60. The van der Waals surface area contributed by atoms with Crippen LogP contribution in [0, 0.1) is 5.92 Å². The average Bonchev–Trinajstić information content (AvgIpc) is 2.48. The number of nitrogens with one attached hydrogen (secondary N) is 1. The molecule has 1 atom stereocenters. The van der Waals surface area contributed by atoms with Gasteiger partial charge in [-0.25, -0.2) is 0 Å². The van der Waals surface area contributed by atoms with E-state index in [1.807, 2.05) is 0 Å². The van der Waals surface area contributed by atoms with Gasteiger partial charge in [-0.3, -0.25) is 4.90 Å². The summed E-state index contributed by atoms with van der Waals surface area (Å²) in [6.07, 6.45) is 5.76. The standard InChI is InChI=1S/C17H34N2O2/c1-4-15-5-7-17(20,8-6-15)13-18-11-16-12-19(14(2)3)9-10-21-16/h14-16,18,20H,4-13H2,1-3H3. The SMILES string of the molecule is CCC1CCC(O)(CNCC2CN(C(C)C)CCO2)CC1. The third kappa shape index (κ3) is 5.20. The number of nitrogens with zero attached hydrogens (tertiary/aromatic N) is 1. The smallest absolute Gasteiger partial charge is 0.0826 e. The minimum absolute atomic E-state index is 0.261. The summed E-state index contributed by atoms with van der Waals surface area (Å²) < 4.78 is 5.83. The molecule has 1 heterocycles. The van der Waals surface area contributed by atoms with Gasteiger partial charge in [0.2, 0.25) is 0 Å². The van der Waals surface area contributed by atoms with Crippen molar-refractivity contribution in [3.8, 4) is 0 Å². The molecule has 2 fully saturated rings. The van der Waals surface area contributed by atoms with E-state index in [-0.39, 0.29) is 6.10 Å². The van der Waals surface area contributed by atoms with Crippen molar-refractivity contribution in [2.75, 3.05) is 32.8 Å². The van der Waals surface area contributed by atoms with Gasteiger partial charge < -0.3 is 15.2 Å². The molecule has 0 aromatic heterocycles. The second-order valence-corrected chi connectivity index (χ2v) is 7.29. The van der Waals surface area contributed by atoms with E-state index < -0.39 is 5.60 Å². The summed E-state index contributed by atoms with van der Waals surface area (Å²) in [5, 5.41) is 14.1. The predicted molar refractivity (Wildman–Crippen MR) is 86.5 cm³/mol. The predicted octanol–water partition coefficient (Wildman–Crippen LogP) is 2.02. The van der Waals surface area contributed by atoms with Crippen LogP contribution in [0.3, 0.4) is 0 Å². The molecule has 1 saturated heterocycles. The quantitative estimate of drug-likeness (QED) is 0.787. The van der Waals surface area contributed by atoms with Crippen LogP contribution in [0.25, 0.3) is 0 Å². The molecular weight excluding hydrogens is 264 g/mol. The lowest BCUT2D eigenvalue weighted by molar-refractivity contribution is -0.0443. The Labute approximate surface area is 130 Å². The lowest BCUT2D eigenvalue weighted by Crippen LogP contribution is -2.51. The van der Waals surface area contributed by atoms with E-state index in [4.69, 9.17) is 4.74 Å². The number of hydrogen-bond acceptors (Lipinski definition) is 4.